The van der Waals surface area contributed by atoms with Crippen molar-refractivity contribution in [3.05, 3.63) is 0 Å². The molecule has 1 saturated heterocycles. The van der Waals surface area contributed by atoms with Crippen molar-refractivity contribution in [2.75, 3.05) is 33.2 Å². The second-order valence-electron chi connectivity index (χ2n) is 4.66. The molecule has 1 N–H and O–H groups in total. The van der Waals surface area contributed by atoms with Gasteiger partial charge in [-0.05, 0) is 25.7 Å². The second kappa shape index (κ2) is 6.47. The van der Waals surface area contributed by atoms with Gasteiger partial charge in [-0.3, -0.25) is 4.79 Å². The number of piperidine rings is 1. The first kappa shape index (κ1) is 13.8. The van der Waals surface area contributed by atoms with Crippen molar-refractivity contribution in [3.63, 3.8) is 0 Å². The van der Waals surface area contributed by atoms with Crippen molar-refractivity contribution in [1.82, 2.24) is 15.1 Å². The average Bonchev–Trinajstić information content (AvgIpc) is 2.35. The summed E-state index contributed by atoms with van der Waals surface area (Å²) in [5.41, 5.74) is 0. The molecule has 3 amide bonds. The number of urea groups is 1. The highest BCUT2D eigenvalue weighted by atomic mass is 16.2. The van der Waals surface area contributed by atoms with E-state index in [0.717, 1.165) is 39.0 Å². The molecule has 0 atom stereocenters. The van der Waals surface area contributed by atoms with Crippen LogP contribution in [-0.2, 0) is 4.79 Å². The molecule has 0 unspecified atom stereocenters. The van der Waals surface area contributed by atoms with Gasteiger partial charge in [0.25, 0.3) is 0 Å². The number of nitrogens with zero attached hydrogens (tertiary/aromatic N) is 2. The van der Waals surface area contributed by atoms with Gasteiger partial charge in [-0.15, -0.1) is 0 Å². The first-order chi connectivity index (χ1) is 8.04. The molecule has 98 valence electrons. The minimum absolute atomic E-state index is 0.0224. The third-order valence-electron chi connectivity index (χ3n) is 3.33. The van der Waals surface area contributed by atoms with Crippen LogP contribution < -0.4 is 5.32 Å². The average molecular weight is 241 g/mol. The molecule has 17 heavy (non-hydrogen) atoms. The Labute approximate surface area is 103 Å². The molecule has 1 fully saturated rings. The van der Waals surface area contributed by atoms with E-state index in [4.69, 9.17) is 0 Å². The van der Waals surface area contributed by atoms with Gasteiger partial charge in [-0.25, -0.2) is 4.79 Å². The molecule has 0 radical (unpaired) electrons. The van der Waals surface area contributed by atoms with Gasteiger partial charge in [0.2, 0.25) is 5.91 Å². The first-order valence-corrected chi connectivity index (χ1v) is 6.29. The largest absolute Gasteiger partial charge is 0.356 e. The Morgan fingerprint density at radius 3 is 2.41 bits per heavy atom. The zero-order valence-electron chi connectivity index (χ0n) is 11.0. The lowest BCUT2D eigenvalue weighted by atomic mass is 9.97. The fourth-order valence-electron chi connectivity index (χ4n) is 1.99. The van der Waals surface area contributed by atoms with Crippen LogP contribution in [0, 0.1) is 5.92 Å². The van der Waals surface area contributed by atoms with Crippen LogP contribution in [0.1, 0.15) is 26.7 Å². The minimum atomic E-state index is 0.0224. The van der Waals surface area contributed by atoms with E-state index in [1.807, 2.05) is 18.9 Å². The van der Waals surface area contributed by atoms with Crippen molar-refractivity contribution < 1.29 is 9.59 Å². The number of carbonyl (C=O) groups is 2. The Balaban J connectivity index is 2.30. The number of nitrogens with one attached hydrogen (secondary N) is 1. The van der Waals surface area contributed by atoms with Gasteiger partial charge in [0.1, 0.15) is 0 Å². The zero-order chi connectivity index (χ0) is 12.8. The van der Waals surface area contributed by atoms with Crippen LogP contribution in [0.15, 0.2) is 0 Å². The van der Waals surface area contributed by atoms with E-state index in [0.29, 0.717) is 5.92 Å². The third kappa shape index (κ3) is 4.24. The predicted molar refractivity (Wildman–Crippen MR) is 66.7 cm³/mol. The smallest absolute Gasteiger partial charge is 0.319 e. The van der Waals surface area contributed by atoms with Crippen molar-refractivity contribution >= 4 is 11.9 Å². The summed E-state index contributed by atoms with van der Waals surface area (Å²) in [6.45, 7) is 6.59. The Hall–Kier alpha value is -1.26. The maximum atomic E-state index is 11.9. The van der Waals surface area contributed by atoms with Gasteiger partial charge in [0, 0.05) is 40.2 Å². The number of amides is 3. The predicted octanol–water partition coefficient (Wildman–Crippen LogP) is 0.906. The molecule has 5 heteroatoms. The van der Waals surface area contributed by atoms with E-state index in [2.05, 4.69) is 5.32 Å². The van der Waals surface area contributed by atoms with Gasteiger partial charge in [0.15, 0.2) is 0 Å². The lowest BCUT2D eigenvalue weighted by molar-refractivity contribution is -0.119. The summed E-state index contributed by atoms with van der Waals surface area (Å²) >= 11 is 0. The lowest BCUT2D eigenvalue weighted by Crippen LogP contribution is -2.46. The van der Waals surface area contributed by atoms with Crippen LogP contribution >= 0.6 is 0 Å². The van der Waals surface area contributed by atoms with Crippen molar-refractivity contribution in [2.24, 2.45) is 5.92 Å². The van der Waals surface area contributed by atoms with Crippen LogP contribution in [0.5, 0.6) is 0 Å². The summed E-state index contributed by atoms with van der Waals surface area (Å²) in [6.07, 6.45) is 1.95. The molecule has 5 nitrogen and oxygen atoms in total. The fourth-order valence-corrected chi connectivity index (χ4v) is 1.99. The summed E-state index contributed by atoms with van der Waals surface area (Å²) in [7, 11) is 1.83. The maximum Gasteiger partial charge on any atom is 0.319 e. The van der Waals surface area contributed by atoms with E-state index < -0.39 is 0 Å². The van der Waals surface area contributed by atoms with Gasteiger partial charge >= 0.3 is 6.03 Å². The molecular formula is C12H23N3O2. The molecule has 0 aliphatic carbocycles. The van der Waals surface area contributed by atoms with E-state index >= 15 is 0 Å². The number of carbonyl (C=O) groups excluding carboxylic acids is 2. The SMILES string of the molecule is CCN(C)C(=O)N1CCC(CNC(C)=O)CC1. The standard InChI is InChI=1S/C12H23N3O2/c1-4-14(3)12(17)15-7-5-11(6-8-15)9-13-10(2)16/h11H,4-9H2,1-3H3,(H,13,16). The monoisotopic (exact) mass is 241 g/mol. The van der Waals surface area contributed by atoms with E-state index in [1.165, 1.54) is 6.92 Å². The summed E-state index contributed by atoms with van der Waals surface area (Å²) in [4.78, 5) is 26.3. The number of hydrogen-bond acceptors (Lipinski definition) is 2. The summed E-state index contributed by atoms with van der Waals surface area (Å²) in [5, 5.41) is 2.84. The molecule has 0 spiro atoms. The van der Waals surface area contributed by atoms with Gasteiger partial charge in [-0.1, -0.05) is 0 Å². The summed E-state index contributed by atoms with van der Waals surface area (Å²) in [6, 6.07) is 0.116. The Morgan fingerprint density at radius 2 is 1.94 bits per heavy atom. The summed E-state index contributed by atoms with van der Waals surface area (Å²) < 4.78 is 0. The van der Waals surface area contributed by atoms with Crippen LogP contribution in [0.25, 0.3) is 0 Å². The molecule has 1 aliphatic rings. The molecule has 1 heterocycles. The minimum Gasteiger partial charge on any atom is -0.356 e. The molecule has 0 aromatic rings. The maximum absolute atomic E-state index is 11.9. The van der Waals surface area contributed by atoms with Crippen molar-refractivity contribution in [3.8, 4) is 0 Å². The highest BCUT2D eigenvalue weighted by molar-refractivity contribution is 5.74. The van der Waals surface area contributed by atoms with Crippen molar-refractivity contribution in [1.29, 1.82) is 0 Å². The highest BCUT2D eigenvalue weighted by Gasteiger charge is 2.24. The quantitative estimate of drug-likeness (QED) is 0.798. The van der Waals surface area contributed by atoms with E-state index in [1.54, 1.807) is 4.90 Å². The fraction of sp³-hybridized carbons (Fsp3) is 0.833. The normalized spacial score (nSPS) is 16.8. The third-order valence-corrected chi connectivity index (χ3v) is 3.33. The highest BCUT2D eigenvalue weighted by Crippen LogP contribution is 2.17. The van der Waals surface area contributed by atoms with Gasteiger partial charge < -0.3 is 15.1 Å². The first-order valence-electron chi connectivity index (χ1n) is 6.29. The van der Waals surface area contributed by atoms with Crippen LogP contribution in [0.4, 0.5) is 4.79 Å². The Bertz CT molecular complexity index is 273. The molecular weight excluding hydrogens is 218 g/mol. The summed E-state index contributed by atoms with van der Waals surface area (Å²) in [5.74, 6) is 0.532. The Morgan fingerprint density at radius 1 is 1.35 bits per heavy atom. The van der Waals surface area contributed by atoms with E-state index in [-0.39, 0.29) is 11.9 Å². The van der Waals surface area contributed by atoms with E-state index in [9.17, 15) is 9.59 Å². The molecule has 1 aliphatic heterocycles. The lowest BCUT2D eigenvalue weighted by Gasteiger charge is -2.34. The number of rotatable bonds is 3. The second-order valence-corrected chi connectivity index (χ2v) is 4.66. The van der Waals surface area contributed by atoms with Crippen LogP contribution in [0.3, 0.4) is 0 Å². The number of likely N-dealkylation sites (tertiary alicyclic amines) is 1. The number of hydrogen-bond donors (Lipinski definition) is 1. The van der Waals surface area contributed by atoms with Crippen LogP contribution in [-0.4, -0.2) is 55.0 Å². The van der Waals surface area contributed by atoms with Gasteiger partial charge in [-0.2, -0.15) is 0 Å². The molecule has 0 bridgehead atoms. The van der Waals surface area contributed by atoms with Crippen LogP contribution in [0.2, 0.25) is 0 Å². The van der Waals surface area contributed by atoms with Gasteiger partial charge in [0.05, 0.1) is 0 Å². The molecule has 0 aromatic heterocycles. The molecule has 0 aromatic carbocycles. The topological polar surface area (TPSA) is 52.7 Å². The van der Waals surface area contributed by atoms with Crippen molar-refractivity contribution in [2.45, 2.75) is 26.7 Å². The Kier molecular flexibility index (Phi) is 5.25. The zero-order valence-corrected chi connectivity index (χ0v) is 11.0. The molecule has 0 saturated carbocycles. The molecule has 1 rings (SSSR count).